The minimum atomic E-state index is -3.64. The summed E-state index contributed by atoms with van der Waals surface area (Å²) in [5.41, 5.74) is 20.1. The number of phenolic OH excluding ortho intramolecular Hbond substituents is 2. The van der Waals surface area contributed by atoms with Crippen LogP contribution in [0.3, 0.4) is 0 Å². The molecule has 22 rings (SSSR count). The van der Waals surface area contributed by atoms with Crippen molar-refractivity contribution >= 4 is 108 Å². The Kier molecular flexibility index (Phi) is 31.1. The number of nitrogens with one attached hydrogen (secondary N) is 2. The minimum Gasteiger partial charge on any atom is -0.508 e. The first-order valence-electron chi connectivity index (χ1n) is 49.4. The number of aryl methyl sites for hydroxylation is 2. The predicted octanol–water partition coefficient (Wildman–Crippen LogP) is 23.7. The van der Waals surface area contributed by atoms with Crippen molar-refractivity contribution in [1.29, 1.82) is 0 Å². The number of anilines is 2. The first-order valence-corrected chi connectivity index (χ1v) is 55.0. The molecule has 0 radical (unpaired) electrons. The second-order valence-electron chi connectivity index (χ2n) is 39.3. The number of aromatic nitrogens is 2. The molecule has 0 saturated heterocycles. The molecule has 5 saturated carbocycles. The number of methoxy groups -OCH3 is 4. The van der Waals surface area contributed by atoms with Gasteiger partial charge in [-0.05, 0) is 326 Å². The third-order valence-electron chi connectivity index (χ3n) is 28.4. The third-order valence-corrected chi connectivity index (χ3v) is 35.7. The number of aromatic hydroxyl groups is 2. The Bertz CT molecular complexity index is 6850. The lowest BCUT2D eigenvalue weighted by molar-refractivity contribution is -0.133. The zero-order valence-corrected chi connectivity index (χ0v) is 87.3. The van der Waals surface area contributed by atoms with Gasteiger partial charge in [0.25, 0.3) is 10.0 Å². The Labute approximate surface area is 849 Å². The number of ether oxygens (including phenoxy) is 4. The molecule has 12 heterocycles. The molecule has 10 aliphatic rings. The zero-order valence-electron chi connectivity index (χ0n) is 82.4. The van der Waals surface area contributed by atoms with E-state index in [0.717, 1.165) is 208 Å². The van der Waals surface area contributed by atoms with Gasteiger partial charge in [-0.1, -0.05) is 43.5 Å². The van der Waals surface area contributed by atoms with Crippen LogP contribution in [0.15, 0.2) is 164 Å². The van der Waals surface area contributed by atoms with Crippen LogP contribution in [0, 0.1) is 71.1 Å². The van der Waals surface area contributed by atoms with Crippen molar-refractivity contribution in [2.45, 2.75) is 171 Å². The Morgan fingerprint density at radius 2 is 0.915 bits per heavy atom. The standard InChI is InChI=1S/C27H25NO3S.C26H28N2O2S.C22H26N2O2S.C20H25N3O3S2.C19H23NO2S/c1-17-13-21(14-20(26(17)30)9-10-23(29)18-5-3-2-4-6-18)25-15-22-16-28(12-11-24(22)32-25)27(31)19-7-8-19;1-16-4-7-19(13-27-16)26(29)22-10-20(11-23(30-3)17(22)2)25-12-21-15-28(14-18-5-6-18)9-8-24(21)31-25;1-4-22(25)23-18-9-16(10-19(26-3)14(18)2)21-11-17-13-24(12-15-5-6-15)8-7-20(17)27-21;1-4-28(24,25)22-20-13(2)17(26-3)10-16(21-20)19-9-15-12-23(11-14-5-6-14)8-7-18(15)27-19;1-12-16(21)7-14(8-17(12)22-2)19-9-15-11-20(10-13-3-4-13)6-5-18(15)23-19/h2-6,9-10,13-15,19,30H,7-8,11-12,16H2,1H3;4,7,10-13,18H,5-6,8-9,14-15H2,1-3H3;4,9-11,15H,1,5-8,12-13H2,2-3H3,(H,23,25);4,9-10,14H,1,5-8,11-12H2,2-3H3,(H,21,22);7-9,13,21H,3-6,10-11H2,1-2H3/b10-9+;;;;. The highest BCUT2D eigenvalue weighted by atomic mass is 32.2. The maximum Gasteiger partial charge on any atom is 0.255 e. The number of allylic oxidation sites excluding steroid dienone is 1. The van der Waals surface area contributed by atoms with Crippen LogP contribution in [0.2, 0.25) is 0 Å². The van der Waals surface area contributed by atoms with Gasteiger partial charge < -0.3 is 39.4 Å². The van der Waals surface area contributed by atoms with Gasteiger partial charge in [-0.25, -0.2) is 13.4 Å². The van der Waals surface area contributed by atoms with E-state index in [4.69, 9.17) is 18.9 Å². The zero-order chi connectivity index (χ0) is 98.6. The average molecular weight is 2010 g/mol. The number of sulfonamides is 1. The summed E-state index contributed by atoms with van der Waals surface area (Å²) < 4.78 is 48.4. The summed E-state index contributed by atoms with van der Waals surface area (Å²) in [4.78, 5) is 84.3. The first kappa shape index (κ1) is 99.9. The van der Waals surface area contributed by atoms with Gasteiger partial charge in [-0.3, -0.25) is 48.5 Å². The van der Waals surface area contributed by atoms with Gasteiger partial charge in [0.05, 0.1) is 39.0 Å². The number of fused-ring (bicyclic) bond motifs is 5. The summed E-state index contributed by atoms with van der Waals surface area (Å²) in [7, 11) is 2.93. The van der Waals surface area contributed by atoms with E-state index in [9.17, 15) is 37.8 Å². The number of pyridine rings is 2. The molecule has 0 spiro atoms. The lowest BCUT2D eigenvalue weighted by Crippen LogP contribution is -2.36. The number of hydrogen-bond acceptors (Lipinski definition) is 23. The fourth-order valence-corrected chi connectivity index (χ4v) is 25.5. The molecule has 0 atom stereocenters. The van der Waals surface area contributed by atoms with Gasteiger partial charge in [0.2, 0.25) is 11.8 Å². The summed E-state index contributed by atoms with van der Waals surface area (Å²) in [6, 6.07) is 42.1. The molecule has 21 nitrogen and oxygen atoms in total. The summed E-state index contributed by atoms with van der Waals surface area (Å²) in [6.07, 6.45) is 24.8. The molecule has 2 amide bonds. The highest BCUT2D eigenvalue weighted by Crippen LogP contribution is 2.48. The van der Waals surface area contributed by atoms with Gasteiger partial charge in [0, 0.05) is 215 Å². The number of rotatable bonds is 28. The normalized spacial score (nSPS) is 16.7. The van der Waals surface area contributed by atoms with E-state index in [1.807, 2.05) is 146 Å². The van der Waals surface area contributed by atoms with Crippen molar-refractivity contribution < 1.29 is 56.8 Å². The van der Waals surface area contributed by atoms with Crippen molar-refractivity contribution in [1.82, 2.24) is 34.5 Å². The molecule has 141 heavy (non-hydrogen) atoms. The van der Waals surface area contributed by atoms with Crippen LogP contribution in [0.4, 0.5) is 11.5 Å². The highest BCUT2D eigenvalue weighted by Gasteiger charge is 2.37. The molecular formula is C114H127N9O12S6. The molecule has 0 unspecified atom stereocenters. The average Bonchev–Trinajstić information content (AvgIpc) is 1.50. The molecule has 7 aromatic heterocycles. The van der Waals surface area contributed by atoms with Gasteiger partial charge in [-0.15, -0.1) is 56.7 Å². The predicted molar refractivity (Wildman–Crippen MR) is 572 cm³/mol. The summed E-state index contributed by atoms with van der Waals surface area (Å²) in [5, 5.41) is 24.5. The maximum absolute atomic E-state index is 13.3. The van der Waals surface area contributed by atoms with Crippen molar-refractivity contribution in [3.8, 4) is 86.8 Å². The molecule has 736 valence electrons. The van der Waals surface area contributed by atoms with E-state index < -0.39 is 10.0 Å². The van der Waals surface area contributed by atoms with Crippen molar-refractivity contribution in [2.75, 3.05) is 97.4 Å². The number of hydrogen-bond donors (Lipinski definition) is 4. The van der Waals surface area contributed by atoms with Crippen molar-refractivity contribution in [3.63, 3.8) is 0 Å². The van der Waals surface area contributed by atoms with Crippen LogP contribution < -0.4 is 29.0 Å². The SMILES string of the molecule is C=CC(=O)Nc1cc(-c2cc3c(s2)CCN(CC2CC2)C3)cc(OC)c1C.C=CS(=O)(=O)Nc1nc(-c2cc3c(s2)CCN(CC2CC2)C3)cc(OC)c1C.COc1cc(-c2cc3c(s2)CCN(CC2CC2)C3)cc(C(=O)c2ccc(C)nc2)c1C.COc1cc(-c2cc3c(s2)CCN(CC2CC2)C3)cc(O)c1C.Cc1cc(-c2cc3c(s2)CCN(C(=O)C2CC2)C3)cc(/C=C/C(=O)c2ccccc2)c1O. The molecule has 4 N–H and O–H groups in total. The van der Waals surface area contributed by atoms with Crippen LogP contribution in [0.25, 0.3) is 58.4 Å². The Balaban J connectivity index is 0.000000117. The van der Waals surface area contributed by atoms with E-state index in [1.165, 1.54) is 170 Å². The molecule has 27 heteroatoms. The number of carbonyl (C=O) groups is 4. The van der Waals surface area contributed by atoms with Gasteiger partial charge >= 0.3 is 0 Å². The molecular weight excluding hydrogens is 1880 g/mol. The lowest BCUT2D eigenvalue weighted by Gasteiger charge is -2.27. The van der Waals surface area contributed by atoms with E-state index in [0.29, 0.717) is 51.8 Å². The largest absolute Gasteiger partial charge is 0.508 e. The molecule has 5 aliphatic carbocycles. The maximum atomic E-state index is 13.3. The van der Waals surface area contributed by atoms with E-state index in [-0.39, 0.29) is 35.0 Å². The Morgan fingerprint density at radius 1 is 0.475 bits per heavy atom. The summed E-state index contributed by atoms with van der Waals surface area (Å²) >= 11 is 9.10. The number of thiophene rings is 5. The van der Waals surface area contributed by atoms with Crippen LogP contribution >= 0.6 is 56.7 Å². The van der Waals surface area contributed by atoms with Crippen LogP contribution in [-0.2, 0) is 84.4 Å². The Hall–Kier alpha value is -11.2. The molecule has 5 aromatic carbocycles. The fraction of sp³-hybridized carbons (Fsp3) is 0.386. The quantitative estimate of drug-likeness (QED) is 0.0263. The van der Waals surface area contributed by atoms with Gasteiger partial charge in [0.15, 0.2) is 11.6 Å². The third kappa shape index (κ3) is 24.7. The van der Waals surface area contributed by atoms with E-state index in [1.54, 1.807) is 82.4 Å². The first-order chi connectivity index (χ1) is 68.1. The van der Waals surface area contributed by atoms with E-state index in [2.05, 4.69) is 95.2 Å². The van der Waals surface area contributed by atoms with Crippen molar-refractivity contribution in [2.24, 2.45) is 29.6 Å². The van der Waals surface area contributed by atoms with Crippen LogP contribution in [0.1, 0.15) is 182 Å². The number of amides is 2. The molecule has 0 bridgehead atoms. The second kappa shape index (κ2) is 43.9. The number of ketones is 2. The van der Waals surface area contributed by atoms with Crippen LogP contribution in [0.5, 0.6) is 34.5 Å². The number of benzene rings is 5. The van der Waals surface area contributed by atoms with Crippen molar-refractivity contribution in [3.05, 3.63) is 272 Å². The summed E-state index contributed by atoms with van der Waals surface area (Å²) in [5.74, 6) is 7.60. The molecule has 5 aliphatic heterocycles. The smallest absolute Gasteiger partial charge is 0.255 e. The van der Waals surface area contributed by atoms with Crippen LogP contribution in [-0.4, -0.2) is 164 Å². The lowest BCUT2D eigenvalue weighted by atomic mass is 9.96. The summed E-state index contributed by atoms with van der Waals surface area (Å²) in [6.45, 7) is 33.5. The number of carbonyl (C=O) groups excluding carboxylic acids is 4. The number of phenols is 2. The fourth-order valence-electron chi connectivity index (χ4n) is 19.2. The minimum absolute atomic E-state index is 0.0120. The molecule has 12 aromatic rings. The highest BCUT2D eigenvalue weighted by molar-refractivity contribution is 7.95. The second-order valence-corrected chi connectivity index (χ2v) is 46.6. The number of nitrogens with zero attached hydrogens (tertiary/aromatic N) is 7. The Morgan fingerprint density at radius 3 is 1.38 bits per heavy atom. The monoisotopic (exact) mass is 2010 g/mol. The van der Waals surface area contributed by atoms with Gasteiger partial charge in [-0.2, -0.15) is 0 Å². The molecule has 5 fully saturated rings. The topological polar surface area (TPSA) is 246 Å². The van der Waals surface area contributed by atoms with Gasteiger partial charge in [0.1, 0.15) is 40.3 Å². The van der Waals surface area contributed by atoms with E-state index >= 15 is 0 Å².